The first-order valence-electron chi connectivity index (χ1n) is 7.07. The van der Waals surface area contributed by atoms with Crippen molar-refractivity contribution in [1.29, 1.82) is 5.26 Å². The van der Waals surface area contributed by atoms with Gasteiger partial charge in [-0.3, -0.25) is 14.5 Å². The Bertz CT molecular complexity index is 625. The van der Waals surface area contributed by atoms with Gasteiger partial charge in [-0.2, -0.15) is 5.26 Å². The third kappa shape index (κ3) is 5.68. The Morgan fingerprint density at radius 3 is 2.52 bits per heavy atom. The fourth-order valence-corrected chi connectivity index (χ4v) is 1.79. The molecule has 0 radical (unpaired) electrons. The molecule has 0 saturated carbocycles. The van der Waals surface area contributed by atoms with Gasteiger partial charge in [0.15, 0.2) is 0 Å². The van der Waals surface area contributed by atoms with Gasteiger partial charge in [0.25, 0.3) is 0 Å². The molecule has 7 heteroatoms. The first kappa shape index (κ1) is 18.6. The highest BCUT2D eigenvalue weighted by molar-refractivity contribution is 5.92. The maximum atomic E-state index is 13.0. The van der Waals surface area contributed by atoms with E-state index < -0.39 is 11.4 Å². The summed E-state index contributed by atoms with van der Waals surface area (Å²) in [4.78, 5) is 26.9. The molecule has 0 fully saturated rings. The number of nitriles is 1. The summed E-state index contributed by atoms with van der Waals surface area (Å²) in [6, 6.07) is 7.62. The summed E-state index contributed by atoms with van der Waals surface area (Å²) < 4.78 is 13.0. The summed E-state index contributed by atoms with van der Waals surface area (Å²) in [5.74, 6) is -1.06. The minimum atomic E-state index is -0.915. The summed E-state index contributed by atoms with van der Waals surface area (Å²) in [7, 11) is 3.17. The second kappa shape index (κ2) is 7.70. The average molecular weight is 320 g/mol. The molecule has 0 spiro atoms. The number of carbonyl (C=O) groups is 2. The number of hydrogen-bond acceptors (Lipinski definition) is 4. The molecule has 0 atom stereocenters. The molecule has 0 saturated heterocycles. The normalized spacial score (nSPS) is 11.0. The summed E-state index contributed by atoms with van der Waals surface area (Å²) in [5.41, 5.74) is -0.556. The van der Waals surface area contributed by atoms with E-state index in [4.69, 9.17) is 5.26 Å². The monoisotopic (exact) mass is 320 g/mol. The van der Waals surface area contributed by atoms with Gasteiger partial charge in [-0.15, -0.1) is 0 Å². The van der Waals surface area contributed by atoms with Crippen LogP contribution in [-0.4, -0.2) is 54.3 Å². The second-order valence-electron chi connectivity index (χ2n) is 5.85. The number of rotatable bonds is 6. The van der Waals surface area contributed by atoms with Gasteiger partial charge in [0.2, 0.25) is 11.8 Å². The Morgan fingerprint density at radius 1 is 1.30 bits per heavy atom. The topological polar surface area (TPSA) is 76.4 Å². The molecular formula is C16H21FN4O2. The lowest BCUT2D eigenvalue weighted by Crippen LogP contribution is -2.48. The highest BCUT2D eigenvalue weighted by Crippen LogP contribution is 2.11. The van der Waals surface area contributed by atoms with Gasteiger partial charge >= 0.3 is 0 Å². The first-order valence-corrected chi connectivity index (χ1v) is 7.07. The molecule has 1 rings (SSSR count). The number of likely N-dealkylation sites (N-methyl/N-ethyl adjacent to an activating group) is 2. The molecule has 0 aliphatic rings. The fraction of sp³-hybridized carbons (Fsp3) is 0.438. The summed E-state index contributed by atoms with van der Waals surface area (Å²) >= 11 is 0. The van der Waals surface area contributed by atoms with E-state index in [9.17, 15) is 14.0 Å². The molecule has 0 aliphatic heterocycles. The average Bonchev–Trinajstić information content (AvgIpc) is 2.45. The Morgan fingerprint density at radius 2 is 1.96 bits per heavy atom. The van der Waals surface area contributed by atoms with Gasteiger partial charge in [-0.25, -0.2) is 4.39 Å². The number of nitrogens with zero attached hydrogens (tertiary/aromatic N) is 3. The van der Waals surface area contributed by atoms with E-state index in [2.05, 4.69) is 5.32 Å². The molecule has 0 unspecified atom stereocenters. The molecule has 0 aromatic heterocycles. The van der Waals surface area contributed by atoms with E-state index >= 15 is 0 Å². The zero-order chi connectivity index (χ0) is 17.6. The lowest BCUT2D eigenvalue weighted by atomic mass is 10.1. The molecule has 1 N–H and O–H groups in total. The highest BCUT2D eigenvalue weighted by Gasteiger charge is 2.27. The van der Waals surface area contributed by atoms with Crippen molar-refractivity contribution in [3.63, 3.8) is 0 Å². The first-order chi connectivity index (χ1) is 10.7. The van der Waals surface area contributed by atoms with Crippen LogP contribution in [0.25, 0.3) is 0 Å². The maximum Gasteiger partial charge on any atom is 0.238 e. The van der Waals surface area contributed by atoms with E-state index in [0.29, 0.717) is 5.69 Å². The number of halogens is 1. The van der Waals surface area contributed by atoms with Gasteiger partial charge in [0.05, 0.1) is 19.2 Å². The van der Waals surface area contributed by atoms with Crippen molar-refractivity contribution in [3.05, 3.63) is 30.1 Å². The van der Waals surface area contributed by atoms with Crippen LogP contribution in [0.5, 0.6) is 0 Å². The van der Waals surface area contributed by atoms with E-state index in [1.807, 2.05) is 6.07 Å². The van der Waals surface area contributed by atoms with Crippen LogP contribution in [0.3, 0.4) is 0 Å². The molecule has 2 amide bonds. The van der Waals surface area contributed by atoms with Crippen molar-refractivity contribution in [2.45, 2.75) is 19.4 Å². The van der Waals surface area contributed by atoms with Crippen molar-refractivity contribution in [2.75, 3.05) is 32.5 Å². The van der Waals surface area contributed by atoms with Gasteiger partial charge < -0.3 is 10.2 Å². The molecule has 0 bridgehead atoms. The number of hydrogen-bond donors (Lipinski definition) is 1. The number of amides is 2. The van der Waals surface area contributed by atoms with E-state index in [0.717, 1.165) is 0 Å². The summed E-state index contributed by atoms with van der Waals surface area (Å²) in [6.07, 6.45) is 0. The van der Waals surface area contributed by atoms with Crippen LogP contribution in [0.1, 0.15) is 13.8 Å². The SMILES string of the molecule is CN(CC(=O)Nc1cccc(F)c1)CC(=O)N(C)C(C)(C)C#N. The molecule has 6 nitrogen and oxygen atoms in total. The number of carbonyl (C=O) groups excluding carboxylic acids is 2. The fourth-order valence-electron chi connectivity index (χ4n) is 1.79. The van der Waals surface area contributed by atoms with Crippen LogP contribution in [0.4, 0.5) is 10.1 Å². The largest absolute Gasteiger partial charge is 0.326 e. The predicted molar refractivity (Wildman–Crippen MR) is 85.0 cm³/mol. The third-order valence-electron chi connectivity index (χ3n) is 3.41. The van der Waals surface area contributed by atoms with E-state index in [1.165, 1.54) is 28.0 Å². The van der Waals surface area contributed by atoms with Crippen molar-refractivity contribution in [1.82, 2.24) is 9.80 Å². The number of benzene rings is 1. The van der Waals surface area contributed by atoms with Crippen LogP contribution < -0.4 is 5.32 Å². The predicted octanol–water partition coefficient (Wildman–Crippen LogP) is 1.46. The molecular weight excluding hydrogens is 299 g/mol. The summed E-state index contributed by atoms with van der Waals surface area (Å²) in [5, 5.41) is 11.6. The van der Waals surface area contributed by atoms with Crippen LogP contribution in [0.15, 0.2) is 24.3 Å². The second-order valence-corrected chi connectivity index (χ2v) is 5.85. The lowest BCUT2D eigenvalue weighted by Gasteiger charge is -2.30. The zero-order valence-corrected chi connectivity index (χ0v) is 13.8. The van der Waals surface area contributed by atoms with Crippen molar-refractivity contribution in [2.24, 2.45) is 0 Å². The maximum absolute atomic E-state index is 13.0. The van der Waals surface area contributed by atoms with Crippen LogP contribution in [-0.2, 0) is 9.59 Å². The molecule has 124 valence electrons. The van der Waals surface area contributed by atoms with Gasteiger partial charge in [0.1, 0.15) is 11.4 Å². The standard InChI is InChI=1S/C16H21FN4O2/c1-16(2,11-18)21(4)15(23)10-20(3)9-14(22)19-13-7-5-6-12(17)8-13/h5-8H,9-10H2,1-4H3,(H,19,22). The minimum absolute atomic E-state index is 0.00180. The third-order valence-corrected chi connectivity index (χ3v) is 3.41. The zero-order valence-electron chi connectivity index (χ0n) is 13.8. The quantitative estimate of drug-likeness (QED) is 0.861. The summed E-state index contributed by atoms with van der Waals surface area (Å²) in [6.45, 7) is 3.25. The molecule has 0 heterocycles. The van der Waals surface area contributed by atoms with Gasteiger partial charge in [-0.1, -0.05) is 6.07 Å². The van der Waals surface area contributed by atoms with Crippen molar-refractivity contribution >= 4 is 17.5 Å². The van der Waals surface area contributed by atoms with Crippen LogP contribution in [0.2, 0.25) is 0 Å². The van der Waals surface area contributed by atoms with Crippen LogP contribution >= 0.6 is 0 Å². The number of nitrogens with one attached hydrogen (secondary N) is 1. The molecule has 1 aromatic carbocycles. The van der Waals surface area contributed by atoms with Crippen LogP contribution in [0, 0.1) is 17.1 Å². The van der Waals surface area contributed by atoms with Crippen molar-refractivity contribution in [3.8, 4) is 6.07 Å². The number of anilines is 1. The Labute approximate surface area is 135 Å². The van der Waals surface area contributed by atoms with Crippen molar-refractivity contribution < 1.29 is 14.0 Å². The Kier molecular flexibility index (Phi) is 6.22. The Balaban J connectivity index is 2.53. The Hall–Kier alpha value is -2.46. The lowest BCUT2D eigenvalue weighted by molar-refractivity contribution is -0.134. The smallest absolute Gasteiger partial charge is 0.238 e. The molecule has 1 aromatic rings. The van der Waals surface area contributed by atoms with E-state index in [1.54, 1.807) is 34.0 Å². The molecule has 23 heavy (non-hydrogen) atoms. The van der Waals surface area contributed by atoms with E-state index in [-0.39, 0.29) is 24.9 Å². The molecule has 0 aliphatic carbocycles. The van der Waals surface area contributed by atoms with Gasteiger partial charge in [-0.05, 0) is 39.1 Å². The minimum Gasteiger partial charge on any atom is -0.326 e. The van der Waals surface area contributed by atoms with Gasteiger partial charge in [0, 0.05) is 12.7 Å². The highest BCUT2D eigenvalue weighted by atomic mass is 19.1.